The molecule has 0 saturated carbocycles. The molecule has 0 bridgehead atoms. The van der Waals surface area contributed by atoms with Gasteiger partial charge >= 0.3 is 0 Å². The summed E-state index contributed by atoms with van der Waals surface area (Å²) in [5, 5.41) is 10.8. The Morgan fingerprint density at radius 3 is 2.76 bits per heavy atom. The van der Waals surface area contributed by atoms with Crippen LogP contribution in [0.1, 0.15) is 16.7 Å². The Labute approximate surface area is 145 Å². The number of aromatic nitrogens is 3. The van der Waals surface area contributed by atoms with Gasteiger partial charge in [-0.25, -0.2) is 4.98 Å². The third kappa shape index (κ3) is 3.53. The Bertz CT molecular complexity index is 966. The molecule has 0 fully saturated rings. The van der Waals surface area contributed by atoms with Gasteiger partial charge in [0.1, 0.15) is 18.5 Å². The molecule has 1 atom stereocenters. The van der Waals surface area contributed by atoms with Crippen molar-refractivity contribution in [1.82, 2.24) is 14.5 Å². The Hall–Kier alpha value is -2.73. The zero-order valence-electron chi connectivity index (χ0n) is 14.6. The number of hydrogen-bond acceptors (Lipinski definition) is 5. The van der Waals surface area contributed by atoms with E-state index in [-0.39, 0.29) is 18.7 Å². The Balaban J connectivity index is 1.74. The molecule has 0 aliphatic rings. The molecule has 1 unspecified atom stereocenters. The normalized spacial score (nSPS) is 12.3. The van der Waals surface area contributed by atoms with Crippen LogP contribution in [0.2, 0.25) is 0 Å². The minimum atomic E-state index is -0.821. The monoisotopic (exact) mass is 339 g/mol. The molecule has 25 heavy (non-hydrogen) atoms. The largest absolute Gasteiger partial charge is 0.490 e. The van der Waals surface area contributed by atoms with Gasteiger partial charge in [-0.1, -0.05) is 12.1 Å². The van der Waals surface area contributed by atoms with Crippen LogP contribution >= 0.6 is 0 Å². The van der Waals surface area contributed by atoms with Gasteiger partial charge in [0.05, 0.1) is 30.0 Å². The molecule has 3 aromatic rings. The van der Waals surface area contributed by atoms with Crippen LogP contribution in [0.25, 0.3) is 10.9 Å². The maximum Gasteiger partial charge on any atom is 0.261 e. The van der Waals surface area contributed by atoms with Crippen molar-refractivity contribution in [3.8, 4) is 5.75 Å². The molecule has 0 aliphatic heterocycles. The van der Waals surface area contributed by atoms with Gasteiger partial charge in [-0.05, 0) is 43.5 Å². The second-order valence-electron chi connectivity index (χ2n) is 6.21. The number of pyridine rings is 1. The van der Waals surface area contributed by atoms with E-state index >= 15 is 0 Å². The molecular formula is C19H21N3O3. The summed E-state index contributed by atoms with van der Waals surface area (Å²) < 4.78 is 7.21. The minimum Gasteiger partial charge on any atom is -0.490 e. The van der Waals surface area contributed by atoms with Crippen LogP contribution in [0, 0.1) is 20.8 Å². The zero-order valence-corrected chi connectivity index (χ0v) is 14.6. The minimum absolute atomic E-state index is 0.103. The van der Waals surface area contributed by atoms with Crippen LogP contribution in [0.15, 0.2) is 41.7 Å². The summed E-state index contributed by atoms with van der Waals surface area (Å²) in [5.41, 5.74) is 3.56. The standard InChI is InChI=1S/C19H21N3O3/c1-12-4-5-13(2)18(14(12)3)25-10-15(23)9-22-11-21-17-8-20-7-6-16(17)19(22)24/h4-8,11,15,23H,9-10H2,1-3H3. The lowest BCUT2D eigenvalue weighted by atomic mass is 10.1. The van der Waals surface area contributed by atoms with Crippen molar-refractivity contribution in [3.63, 3.8) is 0 Å². The highest BCUT2D eigenvalue weighted by atomic mass is 16.5. The van der Waals surface area contributed by atoms with Gasteiger partial charge < -0.3 is 9.84 Å². The maximum absolute atomic E-state index is 12.4. The highest BCUT2D eigenvalue weighted by Gasteiger charge is 2.12. The van der Waals surface area contributed by atoms with Crippen molar-refractivity contribution in [2.24, 2.45) is 0 Å². The average Bonchev–Trinajstić information content (AvgIpc) is 2.61. The predicted molar refractivity (Wildman–Crippen MR) is 96.0 cm³/mol. The lowest BCUT2D eigenvalue weighted by Crippen LogP contribution is -2.30. The predicted octanol–water partition coefficient (Wildman–Crippen LogP) is 2.16. The Morgan fingerprint density at radius 1 is 1.20 bits per heavy atom. The second-order valence-corrected chi connectivity index (χ2v) is 6.21. The molecule has 0 aliphatic carbocycles. The van der Waals surface area contributed by atoms with E-state index in [9.17, 15) is 9.90 Å². The van der Waals surface area contributed by atoms with E-state index in [0.29, 0.717) is 10.9 Å². The Kier molecular flexibility index (Phi) is 4.81. The summed E-state index contributed by atoms with van der Waals surface area (Å²) >= 11 is 0. The number of fused-ring (bicyclic) bond motifs is 1. The number of benzene rings is 1. The first-order valence-electron chi connectivity index (χ1n) is 8.14. The van der Waals surface area contributed by atoms with Gasteiger partial charge in [-0.2, -0.15) is 0 Å². The van der Waals surface area contributed by atoms with Crippen LogP contribution in [-0.4, -0.2) is 32.4 Å². The number of nitrogens with zero attached hydrogens (tertiary/aromatic N) is 3. The summed E-state index contributed by atoms with van der Waals surface area (Å²) in [5.74, 6) is 0.786. The zero-order chi connectivity index (χ0) is 18.0. The molecule has 0 radical (unpaired) electrons. The number of ether oxygens (including phenoxy) is 1. The van der Waals surface area contributed by atoms with Gasteiger partial charge in [0, 0.05) is 6.20 Å². The van der Waals surface area contributed by atoms with E-state index in [0.717, 1.165) is 22.4 Å². The van der Waals surface area contributed by atoms with E-state index in [1.165, 1.54) is 10.9 Å². The number of aryl methyl sites for hydroxylation is 2. The summed E-state index contributed by atoms with van der Waals surface area (Å²) in [6, 6.07) is 5.67. The fourth-order valence-corrected chi connectivity index (χ4v) is 2.75. The topological polar surface area (TPSA) is 77.2 Å². The molecule has 0 amide bonds. The first-order valence-corrected chi connectivity index (χ1v) is 8.14. The molecule has 0 saturated heterocycles. The van der Waals surface area contributed by atoms with Crippen LogP contribution < -0.4 is 10.3 Å². The van der Waals surface area contributed by atoms with E-state index < -0.39 is 6.10 Å². The Morgan fingerprint density at radius 2 is 1.96 bits per heavy atom. The van der Waals surface area contributed by atoms with Gasteiger partial charge in [-0.3, -0.25) is 14.3 Å². The molecule has 2 heterocycles. The lowest BCUT2D eigenvalue weighted by molar-refractivity contribution is 0.0908. The molecule has 6 heteroatoms. The highest BCUT2D eigenvalue weighted by molar-refractivity contribution is 5.75. The molecule has 6 nitrogen and oxygen atoms in total. The number of aliphatic hydroxyl groups is 1. The fourth-order valence-electron chi connectivity index (χ4n) is 2.75. The average molecular weight is 339 g/mol. The molecule has 3 rings (SSSR count). The molecule has 1 aromatic carbocycles. The van der Waals surface area contributed by atoms with Crippen molar-refractivity contribution >= 4 is 10.9 Å². The van der Waals surface area contributed by atoms with Crippen LogP contribution in [0.4, 0.5) is 0 Å². The number of rotatable bonds is 5. The van der Waals surface area contributed by atoms with Crippen LogP contribution in [0.3, 0.4) is 0 Å². The SMILES string of the molecule is Cc1ccc(C)c(OCC(O)Cn2cnc3cnccc3c2=O)c1C. The molecule has 130 valence electrons. The second kappa shape index (κ2) is 7.03. The molecule has 1 N–H and O–H groups in total. The molecule has 2 aromatic heterocycles. The van der Waals surface area contributed by atoms with Gasteiger partial charge in [-0.15, -0.1) is 0 Å². The third-order valence-electron chi connectivity index (χ3n) is 4.33. The van der Waals surface area contributed by atoms with Gasteiger partial charge in [0.15, 0.2) is 0 Å². The van der Waals surface area contributed by atoms with Crippen LogP contribution in [0.5, 0.6) is 5.75 Å². The fraction of sp³-hybridized carbons (Fsp3) is 0.316. The van der Waals surface area contributed by atoms with Crippen LogP contribution in [-0.2, 0) is 6.54 Å². The van der Waals surface area contributed by atoms with Crippen molar-refractivity contribution in [1.29, 1.82) is 0 Å². The summed E-state index contributed by atoms with van der Waals surface area (Å²) in [6.07, 6.45) is 3.71. The number of hydrogen-bond donors (Lipinski definition) is 1. The highest BCUT2D eigenvalue weighted by Crippen LogP contribution is 2.25. The van der Waals surface area contributed by atoms with Gasteiger partial charge in [0.25, 0.3) is 5.56 Å². The van der Waals surface area contributed by atoms with Crippen molar-refractivity contribution in [2.45, 2.75) is 33.4 Å². The van der Waals surface area contributed by atoms with E-state index in [1.54, 1.807) is 18.5 Å². The van der Waals surface area contributed by atoms with Crippen molar-refractivity contribution < 1.29 is 9.84 Å². The third-order valence-corrected chi connectivity index (χ3v) is 4.33. The molecule has 0 spiro atoms. The first kappa shape index (κ1) is 17.1. The maximum atomic E-state index is 12.4. The summed E-state index contributed by atoms with van der Waals surface area (Å²) in [6.45, 7) is 6.21. The van der Waals surface area contributed by atoms with E-state index in [2.05, 4.69) is 9.97 Å². The lowest BCUT2D eigenvalue weighted by Gasteiger charge is -2.17. The number of aliphatic hydroxyl groups excluding tert-OH is 1. The summed E-state index contributed by atoms with van der Waals surface area (Å²) in [4.78, 5) is 20.6. The van der Waals surface area contributed by atoms with Crippen molar-refractivity contribution in [2.75, 3.05) is 6.61 Å². The quantitative estimate of drug-likeness (QED) is 0.771. The first-order chi connectivity index (χ1) is 12.0. The van der Waals surface area contributed by atoms with E-state index in [4.69, 9.17) is 4.74 Å². The van der Waals surface area contributed by atoms with Crippen molar-refractivity contribution in [3.05, 3.63) is 64.0 Å². The molecular weight excluding hydrogens is 318 g/mol. The van der Waals surface area contributed by atoms with E-state index in [1.807, 2.05) is 32.9 Å². The summed E-state index contributed by atoms with van der Waals surface area (Å²) in [7, 11) is 0. The van der Waals surface area contributed by atoms with Gasteiger partial charge in [0.2, 0.25) is 0 Å². The smallest absolute Gasteiger partial charge is 0.261 e.